The summed E-state index contributed by atoms with van der Waals surface area (Å²) < 4.78 is 32.4. The molecule has 1 atom stereocenters. The van der Waals surface area contributed by atoms with Crippen molar-refractivity contribution in [3.05, 3.63) is 62.9 Å². The second kappa shape index (κ2) is 12.2. The van der Waals surface area contributed by atoms with E-state index in [1.54, 1.807) is 30.5 Å². The maximum atomic E-state index is 12.7. The number of carbonyl (C=O) groups excluding carboxylic acids is 2. The lowest BCUT2D eigenvalue weighted by atomic mass is 9.88. The first kappa shape index (κ1) is 30.9. The van der Waals surface area contributed by atoms with Gasteiger partial charge in [-0.05, 0) is 71.5 Å². The van der Waals surface area contributed by atoms with Crippen LogP contribution in [-0.2, 0) is 14.8 Å². The molecule has 2 aromatic heterocycles. The highest BCUT2D eigenvalue weighted by Gasteiger charge is 2.32. The fourth-order valence-electron chi connectivity index (χ4n) is 5.48. The van der Waals surface area contributed by atoms with Gasteiger partial charge in [-0.15, -0.1) is 11.3 Å². The standard InChI is InChI=1S/C30H32ClN5O5S2/c1-17-12-22(29-28(32-17)24(16-42-29)30(38)34-43(5,39)40)21-13-19(31)6-9-27(21)41-11-10-36-18(2)33-25-8-7-20(35(3)4)14-23(25)26(36)15-37/h6,9,12-13,16,20H,7-8,10-11,14H2,1-5H3,(H,34,38). The Hall–Kier alpha value is -3.54. The average Bonchev–Trinajstić information content (AvgIpc) is 3.36. The number of hydrogen-bond donors (Lipinski definition) is 1. The molecule has 1 aromatic carbocycles. The minimum Gasteiger partial charge on any atom is -0.491 e. The van der Waals surface area contributed by atoms with Gasteiger partial charge < -0.3 is 14.5 Å². The summed E-state index contributed by atoms with van der Waals surface area (Å²) in [5, 5.41) is 2.08. The zero-order valence-corrected chi connectivity index (χ0v) is 26.9. The molecule has 0 radical (unpaired) electrons. The molecule has 1 amide bonds. The minimum atomic E-state index is -3.75. The highest BCUT2D eigenvalue weighted by molar-refractivity contribution is 7.89. The molecule has 10 nitrogen and oxygen atoms in total. The Morgan fingerprint density at radius 1 is 1.26 bits per heavy atom. The number of amidine groups is 1. The highest BCUT2D eigenvalue weighted by Crippen LogP contribution is 2.41. The summed E-state index contributed by atoms with van der Waals surface area (Å²) in [6.07, 6.45) is 3.48. The number of rotatable bonds is 8. The lowest BCUT2D eigenvalue weighted by molar-refractivity contribution is 0.0983. The molecule has 1 aliphatic carbocycles. The zero-order valence-electron chi connectivity index (χ0n) is 24.5. The fourth-order valence-corrected chi connectivity index (χ4v) is 7.12. The van der Waals surface area contributed by atoms with Crippen molar-refractivity contribution in [1.82, 2.24) is 19.5 Å². The number of ether oxygens (including phenoxy) is 1. The Kier molecular flexibility index (Phi) is 8.78. The van der Waals surface area contributed by atoms with Crippen molar-refractivity contribution in [2.45, 2.75) is 39.2 Å². The molecule has 3 heterocycles. The van der Waals surface area contributed by atoms with Gasteiger partial charge in [-0.1, -0.05) is 11.6 Å². The Labute approximate surface area is 259 Å². The number of fused-ring (bicyclic) bond motifs is 1. The van der Waals surface area contributed by atoms with Crippen LogP contribution in [0.4, 0.5) is 0 Å². The molecule has 0 saturated carbocycles. The lowest BCUT2D eigenvalue weighted by Crippen LogP contribution is -2.39. The van der Waals surface area contributed by atoms with Crippen LogP contribution in [0, 0.1) is 6.92 Å². The zero-order chi connectivity index (χ0) is 31.1. The second-order valence-corrected chi connectivity index (χ2v) is 13.9. The van der Waals surface area contributed by atoms with E-state index >= 15 is 0 Å². The van der Waals surface area contributed by atoms with Crippen molar-refractivity contribution in [3.8, 4) is 16.9 Å². The van der Waals surface area contributed by atoms with E-state index in [0.29, 0.717) is 50.5 Å². The number of benzene rings is 1. The van der Waals surface area contributed by atoms with Gasteiger partial charge in [0.05, 0.1) is 28.6 Å². The van der Waals surface area contributed by atoms with Gasteiger partial charge in [0.1, 0.15) is 23.9 Å². The van der Waals surface area contributed by atoms with E-state index in [1.807, 2.05) is 36.7 Å². The molecular formula is C30H32ClN5O5S2. The van der Waals surface area contributed by atoms with Crippen LogP contribution < -0.4 is 9.46 Å². The molecule has 1 aliphatic heterocycles. The molecule has 2 aliphatic rings. The van der Waals surface area contributed by atoms with E-state index < -0.39 is 15.9 Å². The molecule has 0 spiro atoms. The van der Waals surface area contributed by atoms with Crippen LogP contribution in [0.2, 0.25) is 5.02 Å². The van der Waals surface area contributed by atoms with Crippen molar-refractivity contribution in [2.24, 2.45) is 4.99 Å². The van der Waals surface area contributed by atoms with Crippen molar-refractivity contribution in [1.29, 1.82) is 0 Å². The molecule has 43 heavy (non-hydrogen) atoms. The van der Waals surface area contributed by atoms with E-state index in [9.17, 15) is 18.0 Å². The second-order valence-electron chi connectivity index (χ2n) is 10.9. The Balaban J connectivity index is 1.42. The maximum Gasteiger partial charge on any atom is 0.267 e. The summed E-state index contributed by atoms with van der Waals surface area (Å²) in [5.41, 5.74) is 5.05. The number of nitrogens with one attached hydrogen (secondary N) is 1. The summed E-state index contributed by atoms with van der Waals surface area (Å²) in [7, 11) is 0.348. The maximum absolute atomic E-state index is 12.7. The van der Waals surface area contributed by atoms with Crippen molar-refractivity contribution in [2.75, 3.05) is 33.5 Å². The molecule has 226 valence electrons. The Bertz CT molecular complexity index is 1840. The van der Waals surface area contributed by atoms with Gasteiger partial charge in [0.25, 0.3) is 5.91 Å². The number of hydrogen-bond acceptors (Lipinski definition) is 10. The van der Waals surface area contributed by atoms with Gasteiger partial charge in [-0.2, -0.15) is 0 Å². The minimum absolute atomic E-state index is 0.167. The van der Waals surface area contributed by atoms with Gasteiger partial charge in [0, 0.05) is 44.5 Å². The molecule has 0 bridgehead atoms. The molecule has 1 N–H and O–H groups in total. The number of amides is 1. The summed E-state index contributed by atoms with van der Waals surface area (Å²) in [4.78, 5) is 38.3. The van der Waals surface area contributed by atoms with Gasteiger partial charge >= 0.3 is 0 Å². The molecular weight excluding hydrogens is 610 g/mol. The number of aliphatic imine (C=N–C) groups is 1. The van der Waals surface area contributed by atoms with Crippen LogP contribution >= 0.6 is 22.9 Å². The summed E-state index contributed by atoms with van der Waals surface area (Å²) in [6.45, 7) is 4.31. The predicted molar refractivity (Wildman–Crippen MR) is 170 cm³/mol. The van der Waals surface area contributed by atoms with E-state index in [2.05, 4.69) is 15.8 Å². The van der Waals surface area contributed by atoms with E-state index in [0.717, 1.165) is 48.2 Å². The number of aryl methyl sites for hydroxylation is 1. The third-order valence-corrected chi connectivity index (χ3v) is 9.34. The van der Waals surface area contributed by atoms with E-state index in [4.69, 9.17) is 21.3 Å². The summed E-state index contributed by atoms with van der Waals surface area (Å²) in [5.74, 6) is 2.71. The van der Waals surface area contributed by atoms with Crippen molar-refractivity contribution < 1.29 is 22.7 Å². The number of allylic oxidation sites excluding steroid dienone is 2. The van der Waals surface area contributed by atoms with E-state index in [1.165, 1.54) is 11.3 Å². The van der Waals surface area contributed by atoms with Gasteiger partial charge in [0.2, 0.25) is 10.0 Å². The van der Waals surface area contributed by atoms with Crippen LogP contribution in [0.1, 0.15) is 42.2 Å². The van der Waals surface area contributed by atoms with Gasteiger partial charge in [0.15, 0.2) is 5.94 Å². The first-order valence-corrected chi connectivity index (χ1v) is 16.8. The van der Waals surface area contributed by atoms with Crippen LogP contribution in [0.3, 0.4) is 0 Å². The third-order valence-electron chi connectivity index (χ3n) is 7.55. The first-order chi connectivity index (χ1) is 20.4. The lowest BCUT2D eigenvalue weighted by Gasteiger charge is -2.37. The monoisotopic (exact) mass is 641 g/mol. The van der Waals surface area contributed by atoms with Crippen LogP contribution in [0.15, 0.2) is 51.6 Å². The van der Waals surface area contributed by atoms with Crippen LogP contribution in [-0.4, -0.2) is 80.4 Å². The highest BCUT2D eigenvalue weighted by atomic mass is 35.5. The Morgan fingerprint density at radius 2 is 2.02 bits per heavy atom. The molecule has 13 heteroatoms. The number of nitrogens with zero attached hydrogens (tertiary/aromatic N) is 4. The quantitative estimate of drug-likeness (QED) is 0.348. The third kappa shape index (κ3) is 6.53. The number of sulfonamides is 1. The Morgan fingerprint density at radius 3 is 2.72 bits per heavy atom. The van der Waals surface area contributed by atoms with E-state index in [-0.39, 0.29) is 12.2 Å². The molecule has 5 rings (SSSR count). The molecule has 0 saturated heterocycles. The smallest absolute Gasteiger partial charge is 0.267 e. The van der Waals surface area contributed by atoms with Crippen molar-refractivity contribution >= 4 is 60.9 Å². The summed E-state index contributed by atoms with van der Waals surface area (Å²) >= 11 is 7.70. The SMILES string of the molecule is CC1=NC2=C(CC(N(C)C)CC2)C(=C=O)N1CCOc1ccc(Cl)cc1-c1cc(C)nc2c(C(=O)NS(C)(=O)=O)csc12. The summed E-state index contributed by atoms with van der Waals surface area (Å²) in [6, 6.07) is 7.51. The number of thiophene rings is 1. The van der Waals surface area contributed by atoms with Gasteiger partial charge in [-0.25, -0.2) is 22.9 Å². The molecule has 3 aromatic rings. The molecule has 1 unspecified atom stereocenters. The number of carbonyl (C=O) groups is 1. The van der Waals surface area contributed by atoms with Crippen LogP contribution in [0.25, 0.3) is 21.3 Å². The van der Waals surface area contributed by atoms with Crippen LogP contribution in [0.5, 0.6) is 5.75 Å². The normalized spacial score (nSPS) is 17.2. The van der Waals surface area contributed by atoms with Gasteiger partial charge in [-0.3, -0.25) is 9.78 Å². The van der Waals surface area contributed by atoms with Crippen molar-refractivity contribution in [3.63, 3.8) is 0 Å². The predicted octanol–water partition coefficient (Wildman–Crippen LogP) is 4.81. The topological polar surface area (TPSA) is 121 Å². The average molecular weight is 642 g/mol. The first-order valence-electron chi connectivity index (χ1n) is 13.7. The number of aromatic nitrogens is 1. The largest absolute Gasteiger partial charge is 0.491 e. The number of halogens is 1. The fraction of sp³-hybridized carbons (Fsp3) is 0.367. The molecule has 0 fully saturated rings. The number of pyridine rings is 1.